The van der Waals surface area contributed by atoms with Gasteiger partial charge in [0.2, 0.25) is 0 Å². The Morgan fingerprint density at radius 2 is 1.68 bits per heavy atom. The van der Waals surface area contributed by atoms with E-state index >= 15 is 0 Å². The zero-order chi connectivity index (χ0) is 20.3. The lowest BCUT2D eigenvalue weighted by Crippen LogP contribution is -2.28. The Balaban J connectivity index is 1.96. The number of nitrogens with zero attached hydrogens (tertiary/aromatic N) is 3. The summed E-state index contributed by atoms with van der Waals surface area (Å²) in [5, 5.41) is 0.879. The van der Waals surface area contributed by atoms with E-state index in [1.54, 1.807) is 42.4 Å². The highest BCUT2D eigenvalue weighted by Crippen LogP contribution is 2.34. The van der Waals surface area contributed by atoms with E-state index < -0.39 is 0 Å². The number of amides is 1. The molecule has 0 unspecified atom stereocenters. The molecule has 2 aromatic carbocycles. The summed E-state index contributed by atoms with van der Waals surface area (Å²) in [6.45, 7) is 0. The Hall–Kier alpha value is -2.76. The fourth-order valence-electron chi connectivity index (χ4n) is 2.72. The van der Waals surface area contributed by atoms with Gasteiger partial charge in [-0.2, -0.15) is 0 Å². The third-order valence-corrected chi connectivity index (χ3v) is 4.70. The summed E-state index contributed by atoms with van der Waals surface area (Å²) >= 11 is 12.2. The van der Waals surface area contributed by atoms with Crippen molar-refractivity contribution in [2.45, 2.75) is 0 Å². The molecule has 1 amide bonds. The lowest BCUT2D eigenvalue weighted by molar-refractivity contribution is 0.0990. The highest BCUT2D eigenvalue weighted by Gasteiger charge is 2.21. The molecular formula is C21H19Cl2N3O2. The molecule has 0 radical (unpaired) electrons. The quantitative estimate of drug-likeness (QED) is 0.549. The summed E-state index contributed by atoms with van der Waals surface area (Å²) in [5.74, 6) is 0.458. The van der Waals surface area contributed by atoms with Crippen molar-refractivity contribution < 1.29 is 9.53 Å². The second-order valence-corrected chi connectivity index (χ2v) is 7.14. The van der Waals surface area contributed by atoms with Gasteiger partial charge in [-0.15, -0.1) is 0 Å². The molecule has 5 nitrogen and oxygen atoms in total. The maximum absolute atomic E-state index is 13.2. The van der Waals surface area contributed by atoms with E-state index in [1.807, 2.05) is 43.3 Å². The largest absolute Gasteiger partial charge is 0.455 e. The first-order chi connectivity index (χ1) is 13.4. The number of carbonyl (C=O) groups excluding carboxylic acids is 1. The lowest BCUT2D eigenvalue weighted by atomic mass is 10.2. The highest BCUT2D eigenvalue weighted by molar-refractivity contribution is 6.34. The number of pyridine rings is 1. The van der Waals surface area contributed by atoms with Gasteiger partial charge in [0.05, 0.1) is 16.4 Å². The van der Waals surface area contributed by atoms with Crippen LogP contribution in [0.2, 0.25) is 10.0 Å². The maximum atomic E-state index is 13.2. The number of anilines is 2. The van der Waals surface area contributed by atoms with Crippen molar-refractivity contribution in [3.63, 3.8) is 0 Å². The van der Waals surface area contributed by atoms with Crippen LogP contribution in [0.25, 0.3) is 0 Å². The van der Waals surface area contributed by atoms with E-state index in [1.165, 1.54) is 6.20 Å². The number of rotatable bonds is 5. The average molecular weight is 416 g/mol. The van der Waals surface area contributed by atoms with Gasteiger partial charge < -0.3 is 14.5 Å². The fraction of sp³-hybridized carbons (Fsp3) is 0.143. The normalized spacial score (nSPS) is 10.5. The third-order valence-electron chi connectivity index (χ3n) is 4.15. The summed E-state index contributed by atoms with van der Waals surface area (Å²) in [4.78, 5) is 20.8. The van der Waals surface area contributed by atoms with Crippen LogP contribution in [0.1, 0.15) is 10.4 Å². The van der Waals surface area contributed by atoms with Crippen LogP contribution in [0.5, 0.6) is 11.5 Å². The van der Waals surface area contributed by atoms with E-state index in [2.05, 4.69) is 4.98 Å². The molecule has 0 aliphatic carbocycles. The van der Waals surface area contributed by atoms with Crippen molar-refractivity contribution in [1.82, 2.24) is 4.98 Å². The summed E-state index contributed by atoms with van der Waals surface area (Å²) in [6, 6.07) is 14.2. The van der Waals surface area contributed by atoms with Gasteiger partial charge in [0.25, 0.3) is 5.91 Å². The zero-order valence-electron chi connectivity index (χ0n) is 15.7. The van der Waals surface area contributed by atoms with Gasteiger partial charge in [-0.1, -0.05) is 35.3 Å². The summed E-state index contributed by atoms with van der Waals surface area (Å²) in [7, 11) is 5.57. The SMILES string of the molecule is CN(C)c1ccccc1N(C)C(=O)c1cnccc1Oc1cc(Cl)ccc1Cl. The van der Waals surface area contributed by atoms with Crippen LogP contribution >= 0.6 is 23.2 Å². The van der Waals surface area contributed by atoms with Crippen LogP contribution < -0.4 is 14.5 Å². The molecule has 1 heterocycles. The van der Waals surface area contributed by atoms with Crippen LogP contribution in [0.3, 0.4) is 0 Å². The molecule has 0 saturated carbocycles. The van der Waals surface area contributed by atoms with Gasteiger partial charge in [0.1, 0.15) is 17.1 Å². The molecule has 7 heteroatoms. The van der Waals surface area contributed by atoms with E-state index in [-0.39, 0.29) is 5.91 Å². The molecule has 0 bridgehead atoms. The topological polar surface area (TPSA) is 45.7 Å². The molecule has 144 valence electrons. The van der Waals surface area contributed by atoms with Gasteiger partial charge in [-0.3, -0.25) is 9.78 Å². The molecule has 0 aliphatic rings. The van der Waals surface area contributed by atoms with Gasteiger partial charge >= 0.3 is 0 Å². The van der Waals surface area contributed by atoms with Gasteiger partial charge in [0.15, 0.2) is 0 Å². The van der Waals surface area contributed by atoms with Crippen molar-refractivity contribution >= 4 is 40.5 Å². The molecule has 1 aromatic heterocycles. The highest BCUT2D eigenvalue weighted by atomic mass is 35.5. The van der Waals surface area contributed by atoms with Crippen LogP contribution in [0.15, 0.2) is 60.9 Å². The molecule has 28 heavy (non-hydrogen) atoms. The first-order valence-electron chi connectivity index (χ1n) is 8.50. The summed E-state index contributed by atoms with van der Waals surface area (Å²) < 4.78 is 5.89. The van der Waals surface area contributed by atoms with Crippen LogP contribution in [0, 0.1) is 0 Å². The van der Waals surface area contributed by atoms with E-state index in [0.717, 1.165) is 11.4 Å². The monoisotopic (exact) mass is 415 g/mol. The minimum Gasteiger partial charge on any atom is -0.455 e. The number of benzene rings is 2. The fourth-order valence-corrected chi connectivity index (χ4v) is 3.04. The zero-order valence-corrected chi connectivity index (χ0v) is 17.2. The van der Waals surface area contributed by atoms with E-state index in [9.17, 15) is 4.79 Å². The Kier molecular flexibility index (Phi) is 6.07. The predicted octanol–water partition coefficient (Wildman–Crippen LogP) is 5.52. The van der Waals surface area contributed by atoms with Gasteiger partial charge in [0, 0.05) is 44.6 Å². The number of hydrogen-bond acceptors (Lipinski definition) is 4. The van der Waals surface area contributed by atoms with Crippen molar-refractivity contribution in [3.05, 3.63) is 76.5 Å². The number of ether oxygens (including phenoxy) is 1. The molecule has 0 N–H and O–H groups in total. The Bertz CT molecular complexity index is 1010. The minimum absolute atomic E-state index is 0.254. The Labute approximate surface area is 174 Å². The smallest absolute Gasteiger partial charge is 0.263 e. The number of hydrogen-bond donors (Lipinski definition) is 0. The molecular weight excluding hydrogens is 397 g/mol. The molecule has 3 aromatic rings. The number of halogens is 2. The molecule has 0 saturated heterocycles. The average Bonchev–Trinajstić information content (AvgIpc) is 2.70. The number of aromatic nitrogens is 1. The summed E-state index contributed by atoms with van der Waals surface area (Å²) in [5.41, 5.74) is 2.00. The van der Waals surface area contributed by atoms with Crippen LogP contribution in [-0.2, 0) is 0 Å². The van der Waals surface area contributed by atoms with Crippen LogP contribution in [-0.4, -0.2) is 32.0 Å². The van der Waals surface area contributed by atoms with Crippen molar-refractivity contribution in [3.8, 4) is 11.5 Å². The van der Waals surface area contributed by atoms with Gasteiger partial charge in [-0.25, -0.2) is 0 Å². The molecule has 0 aliphatic heterocycles. The standard InChI is InChI=1S/C21H19Cl2N3O2/c1-25(2)17-6-4-5-7-18(17)26(3)21(27)15-13-24-11-10-19(15)28-20-12-14(22)8-9-16(20)23/h4-13H,1-3H3. The van der Waals surface area contributed by atoms with Crippen LogP contribution in [0.4, 0.5) is 11.4 Å². The van der Waals surface area contributed by atoms with E-state index in [4.69, 9.17) is 27.9 Å². The number of carbonyl (C=O) groups is 1. The van der Waals surface area contributed by atoms with Crippen molar-refractivity contribution in [1.29, 1.82) is 0 Å². The second-order valence-electron chi connectivity index (χ2n) is 6.30. The lowest BCUT2D eigenvalue weighted by Gasteiger charge is -2.24. The first kappa shape index (κ1) is 20.0. The minimum atomic E-state index is -0.254. The molecule has 0 fully saturated rings. The molecule has 0 spiro atoms. The third kappa shape index (κ3) is 4.21. The predicted molar refractivity (Wildman–Crippen MR) is 114 cm³/mol. The first-order valence-corrected chi connectivity index (χ1v) is 9.25. The van der Waals surface area contributed by atoms with Crippen molar-refractivity contribution in [2.75, 3.05) is 30.9 Å². The Morgan fingerprint density at radius 3 is 2.39 bits per heavy atom. The summed E-state index contributed by atoms with van der Waals surface area (Å²) in [6.07, 6.45) is 3.03. The second kappa shape index (κ2) is 8.50. The molecule has 3 rings (SSSR count). The molecule has 0 atom stereocenters. The number of para-hydroxylation sites is 2. The maximum Gasteiger partial charge on any atom is 0.263 e. The van der Waals surface area contributed by atoms with Crippen molar-refractivity contribution in [2.24, 2.45) is 0 Å². The Morgan fingerprint density at radius 1 is 0.964 bits per heavy atom. The van der Waals surface area contributed by atoms with Gasteiger partial charge in [-0.05, 0) is 30.3 Å². The van der Waals surface area contributed by atoms with E-state index in [0.29, 0.717) is 27.1 Å².